The Morgan fingerprint density at radius 1 is 1.41 bits per heavy atom. The van der Waals surface area contributed by atoms with Crippen molar-refractivity contribution in [2.75, 3.05) is 12.4 Å². The first-order valence-corrected chi connectivity index (χ1v) is 5.25. The minimum absolute atomic E-state index is 0.0220. The van der Waals surface area contributed by atoms with E-state index in [1.807, 2.05) is 0 Å². The van der Waals surface area contributed by atoms with Crippen LogP contribution in [0.2, 0.25) is 0 Å². The molecule has 4 N–H and O–H groups in total. The number of nitrogens with two attached hydrogens (primary N) is 1. The van der Waals surface area contributed by atoms with E-state index >= 15 is 0 Å². The molecule has 0 amide bonds. The van der Waals surface area contributed by atoms with Crippen molar-refractivity contribution >= 4 is 27.6 Å². The molecule has 0 atom stereocenters. The number of hydrogen-bond acceptors (Lipinski definition) is 2. The van der Waals surface area contributed by atoms with Crippen LogP contribution >= 0.6 is 15.9 Å². The van der Waals surface area contributed by atoms with Crippen LogP contribution in [-0.2, 0) is 6.18 Å². The van der Waals surface area contributed by atoms with Crippen molar-refractivity contribution in [3.63, 3.8) is 0 Å². The van der Waals surface area contributed by atoms with Gasteiger partial charge >= 0.3 is 6.18 Å². The Morgan fingerprint density at radius 2 is 2.06 bits per heavy atom. The Hall–Kier alpha value is -1.28. The van der Waals surface area contributed by atoms with Crippen molar-refractivity contribution in [2.45, 2.75) is 6.18 Å². The van der Waals surface area contributed by atoms with Crippen molar-refractivity contribution in [1.29, 1.82) is 0 Å². The number of guanidine groups is 1. The second-order valence-electron chi connectivity index (χ2n) is 3.03. The van der Waals surface area contributed by atoms with Gasteiger partial charge in [0.15, 0.2) is 0 Å². The first kappa shape index (κ1) is 13.8. The molecule has 0 bridgehead atoms. The van der Waals surface area contributed by atoms with Gasteiger partial charge in [-0.15, -0.1) is 0 Å². The summed E-state index contributed by atoms with van der Waals surface area (Å²) in [6, 6.07) is 3.74. The zero-order chi connectivity index (χ0) is 13.1. The zero-order valence-electron chi connectivity index (χ0n) is 8.77. The molecule has 94 valence electrons. The fourth-order valence-electron chi connectivity index (χ4n) is 1.11. The Morgan fingerprint density at radius 3 is 2.53 bits per heavy atom. The van der Waals surface area contributed by atoms with E-state index in [1.165, 1.54) is 19.2 Å². The topological polar surface area (TPSA) is 62.4 Å². The molecule has 0 saturated heterocycles. The molecule has 1 rings (SSSR count). The highest BCUT2D eigenvalue weighted by Gasteiger charge is 2.33. The quantitative estimate of drug-likeness (QED) is 0.323. The summed E-state index contributed by atoms with van der Waals surface area (Å²) in [7, 11) is 1.45. The van der Waals surface area contributed by atoms with Crippen molar-refractivity contribution < 1.29 is 13.2 Å². The van der Waals surface area contributed by atoms with E-state index in [0.29, 0.717) is 0 Å². The van der Waals surface area contributed by atoms with Gasteiger partial charge in [-0.1, -0.05) is 15.9 Å². The monoisotopic (exact) mass is 310 g/mol. The lowest BCUT2D eigenvalue weighted by atomic mass is 10.2. The molecule has 4 nitrogen and oxygen atoms in total. The maximum Gasteiger partial charge on any atom is 0.417 e. The van der Waals surface area contributed by atoms with E-state index < -0.39 is 11.7 Å². The number of rotatable bonds is 1. The molecule has 0 unspecified atom stereocenters. The van der Waals surface area contributed by atoms with Crippen LogP contribution in [0.4, 0.5) is 18.9 Å². The predicted octanol–water partition coefficient (Wildman–Crippen LogP) is 2.33. The summed E-state index contributed by atoms with van der Waals surface area (Å²) in [6.07, 6.45) is -4.42. The van der Waals surface area contributed by atoms with E-state index in [4.69, 9.17) is 5.84 Å². The van der Waals surface area contributed by atoms with Gasteiger partial charge in [-0.3, -0.25) is 10.4 Å². The number of alkyl halides is 3. The Balaban J connectivity index is 3.05. The van der Waals surface area contributed by atoms with Crippen LogP contribution in [0.15, 0.2) is 27.7 Å². The molecule has 1 aromatic carbocycles. The summed E-state index contributed by atoms with van der Waals surface area (Å²) in [5.41, 5.74) is 1.69. The summed E-state index contributed by atoms with van der Waals surface area (Å²) < 4.78 is 37.8. The predicted molar refractivity (Wildman–Crippen MR) is 63.4 cm³/mol. The fraction of sp³-hybridized carbons (Fsp3) is 0.222. The highest BCUT2D eigenvalue weighted by molar-refractivity contribution is 9.10. The minimum atomic E-state index is -4.42. The molecule has 0 heterocycles. The molecular formula is C9H10BrF3N4. The molecule has 0 radical (unpaired) electrons. The van der Waals surface area contributed by atoms with E-state index in [2.05, 4.69) is 31.7 Å². The van der Waals surface area contributed by atoms with Crippen molar-refractivity contribution in [3.05, 3.63) is 28.2 Å². The average molecular weight is 311 g/mol. The Labute approximate surface area is 104 Å². The van der Waals surface area contributed by atoms with Gasteiger partial charge in [-0.25, -0.2) is 5.84 Å². The van der Waals surface area contributed by atoms with Gasteiger partial charge in [-0.05, 0) is 18.2 Å². The summed E-state index contributed by atoms with van der Waals surface area (Å²) in [4.78, 5) is 3.69. The molecule has 0 spiro atoms. The number of halogens is 4. The molecule has 17 heavy (non-hydrogen) atoms. The van der Waals surface area contributed by atoms with E-state index in [1.54, 1.807) is 0 Å². The molecule has 0 saturated carbocycles. The van der Waals surface area contributed by atoms with Crippen LogP contribution in [-0.4, -0.2) is 13.0 Å². The van der Waals surface area contributed by atoms with Gasteiger partial charge < -0.3 is 5.32 Å². The lowest BCUT2D eigenvalue weighted by Crippen LogP contribution is -2.36. The van der Waals surface area contributed by atoms with Gasteiger partial charge in [0.1, 0.15) is 0 Å². The van der Waals surface area contributed by atoms with Gasteiger partial charge in [0.2, 0.25) is 5.96 Å². The third-order valence-electron chi connectivity index (χ3n) is 1.89. The number of anilines is 1. The van der Waals surface area contributed by atoms with Crippen molar-refractivity contribution in [1.82, 2.24) is 5.43 Å². The highest BCUT2D eigenvalue weighted by atomic mass is 79.9. The first-order chi connectivity index (χ1) is 7.88. The van der Waals surface area contributed by atoms with Crippen LogP contribution in [0.5, 0.6) is 0 Å². The Kier molecular flexibility index (Phi) is 4.35. The second-order valence-corrected chi connectivity index (χ2v) is 3.89. The maximum atomic E-state index is 12.6. The summed E-state index contributed by atoms with van der Waals surface area (Å²) in [5, 5.41) is 2.61. The molecule has 1 aromatic rings. The second kappa shape index (κ2) is 5.37. The SMILES string of the molecule is CN=C(NN)Nc1ccc(Br)c(C(F)(F)F)c1. The van der Waals surface area contributed by atoms with Crippen LogP contribution in [0.1, 0.15) is 5.56 Å². The van der Waals surface area contributed by atoms with Gasteiger partial charge in [-0.2, -0.15) is 13.2 Å². The number of nitrogens with zero attached hydrogens (tertiary/aromatic N) is 1. The largest absolute Gasteiger partial charge is 0.417 e. The number of nitrogens with one attached hydrogen (secondary N) is 2. The van der Waals surface area contributed by atoms with Crippen LogP contribution in [0.25, 0.3) is 0 Å². The molecule has 8 heteroatoms. The maximum absolute atomic E-state index is 12.6. The lowest BCUT2D eigenvalue weighted by molar-refractivity contribution is -0.138. The molecule has 0 aliphatic carbocycles. The smallest absolute Gasteiger partial charge is 0.325 e. The van der Waals surface area contributed by atoms with Gasteiger partial charge in [0.05, 0.1) is 5.56 Å². The molecule has 0 aliphatic rings. The lowest BCUT2D eigenvalue weighted by Gasteiger charge is -2.13. The van der Waals surface area contributed by atoms with E-state index in [0.717, 1.165) is 6.07 Å². The number of hydrogen-bond donors (Lipinski definition) is 3. The number of aliphatic imine (C=N–C) groups is 1. The van der Waals surface area contributed by atoms with Gasteiger partial charge in [0.25, 0.3) is 0 Å². The standard InChI is InChI=1S/C9H10BrF3N4/c1-15-8(17-14)16-5-2-3-7(10)6(4-5)9(11,12)13/h2-4H,14H2,1H3,(H2,15,16,17). The summed E-state index contributed by atoms with van der Waals surface area (Å²) >= 11 is 2.85. The van der Waals surface area contributed by atoms with E-state index in [-0.39, 0.29) is 16.1 Å². The summed E-state index contributed by atoms with van der Waals surface area (Å²) in [6.45, 7) is 0. The van der Waals surface area contributed by atoms with Crippen LogP contribution < -0.4 is 16.6 Å². The molecule has 0 aromatic heterocycles. The fourth-order valence-corrected chi connectivity index (χ4v) is 1.58. The zero-order valence-corrected chi connectivity index (χ0v) is 10.4. The molecule has 0 aliphatic heterocycles. The molecular weight excluding hydrogens is 301 g/mol. The average Bonchev–Trinajstić information content (AvgIpc) is 2.26. The van der Waals surface area contributed by atoms with Crippen LogP contribution in [0, 0.1) is 0 Å². The number of benzene rings is 1. The van der Waals surface area contributed by atoms with Crippen molar-refractivity contribution in [3.8, 4) is 0 Å². The number of hydrazine groups is 1. The van der Waals surface area contributed by atoms with Gasteiger partial charge in [0, 0.05) is 17.2 Å². The molecule has 0 fully saturated rings. The summed E-state index contributed by atoms with van der Waals surface area (Å²) in [5.74, 6) is 5.28. The Bertz CT molecular complexity index is 431. The normalized spacial score (nSPS) is 12.5. The van der Waals surface area contributed by atoms with Crippen LogP contribution in [0.3, 0.4) is 0 Å². The van der Waals surface area contributed by atoms with Crippen molar-refractivity contribution in [2.24, 2.45) is 10.8 Å². The minimum Gasteiger partial charge on any atom is -0.325 e. The third kappa shape index (κ3) is 3.60. The highest BCUT2D eigenvalue weighted by Crippen LogP contribution is 2.36. The first-order valence-electron chi connectivity index (χ1n) is 4.45. The van der Waals surface area contributed by atoms with E-state index in [9.17, 15) is 13.2 Å². The third-order valence-corrected chi connectivity index (χ3v) is 2.59.